The lowest BCUT2D eigenvalue weighted by atomic mass is 9.95. The first-order chi connectivity index (χ1) is 12.2. The van der Waals surface area contributed by atoms with Crippen molar-refractivity contribution in [1.29, 1.82) is 0 Å². The summed E-state index contributed by atoms with van der Waals surface area (Å²) in [6.07, 6.45) is 0. The molecule has 0 spiro atoms. The fourth-order valence-electron chi connectivity index (χ4n) is 2.80. The Morgan fingerprint density at radius 3 is 2.54 bits per heavy atom. The number of carbonyl (C=O) groups excluding carboxylic acids is 4. The van der Waals surface area contributed by atoms with Gasteiger partial charge in [-0.15, -0.1) is 11.3 Å². The maximum absolute atomic E-state index is 12.9. The number of fused-ring (bicyclic) bond motifs is 1. The fraction of sp³-hybridized carbons (Fsp3) is 0.176. The van der Waals surface area contributed by atoms with E-state index in [2.05, 4.69) is 0 Å². The topological polar surface area (TPSA) is 101 Å². The number of carbonyl (C=O) groups is 4. The molecule has 0 saturated heterocycles. The van der Waals surface area contributed by atoms with Gasteiger partial charge in [0.2, 0.25) is 0 Å². The molecule has 1 unspecified atom stereocenters. The van der Waals surface area contributed by atoms with Crippen LogP contribution in [-0.4, -0.2) is 42.6 Å². The Hall–Kier alpha value is -2.71. The minimum absolute atomic E-state index is 0.241. The van der Waals surface area contributed by atoms with Crippen LogP contribution in [0.25, 0.3) is 0 Å². The Morgan fingerprint density at radius 2 is 1.92 bits per heavy atom. The van der Waals surface area contributed by atoms with Gasteiger partial charge < -0.3 is 10.6 Å². The number of rotatable bonds is 3. The number of Topliss-reactive ketones (excluding diaryl/α,β-unsaturated/α-hetero) is 1. The Balaban J connectivity index is 2.03. The van der Waals surface area contributed by atoms with Gasteiger partial charge in [0.05, 0.1) is 16.1 Å². The van der Waals surface area contributed by atoms with Crippen LogP contribution < -0.4 is 10.6 Å². The van der Waals surface area contributed by atoms with Crippen molar-refractivity contribution in [2.45, 2.75) is 5.92 Å². The quantitative estimate of drug-likeness (QED) is 0.641. The van der Waals surface area contributed by atoms with E-state index in [1.165, 1.54) is 29.2 Å². The lowest BCUT2D eigenvalue weighted by Crippen LogP contribution is -2.40. The van der Waals surface area contributed by atoms with Crippen LogP contribution in [0.5, 0.6) is 0 Å². The van der Waals surface area contributed by atoms with E-state index in [-0.39, 0.29) is 16.5 Å². The molecule has 134 valence electrons. The minimum atomic E-state index is -1.22. The van der Waals surface area contributed by atoms with Gasteiger partial charge in [0.15, 0.2) is 5.78 Å². The number of nitrogens with two attached hydrogens (primary N) is 1. The van der Waals surface area contributed by atoms with Crippen molar-refractivity contribution in [2.24, 2.45) is 5.73 Å². The summed E-state index contributed by atoms with van der Waals surface area (Å²) >= 11 is 7.05. The molecule has 2 heterocycles. The number of imide groups is 1. The predicted molar refractivity (Wildman–Crippen MR) is 97.9 cm³/mol. The molecule has 3 rings (SSSR count). The summed E-state index contributed by atoms with van der Waals surface area (Å²) in [5, 5.41) is 1.88. The van der Waals surface area contributed by atoms with Crippen LogP contribution in [-0.2, 0) is 4.79 Å². The van der Waals surface area contributed by atoms with E-state index in [0.717, 1.165) is 16.2 Å². The molecule has 0 bridgehead atoms. The van der Waals surface area contributed by atoms with Gasteiger partial charge in [0.25, 0.3) is 11.8 Å². The average molecular weight is 392 g/mol. The SMILES string of the molecule is CN(C)C(=O)c1csc(C(=O)C2C(=O)N(C(N)=O)c3ccc(Cl)cc32)c1. The number of amides is 4. The summed E-state index contributed by atoms with van der Waals surface area (Å²) in [5.74, 6) is -2.71. The molecule has 1 aliphatic rings. The molecular formula is C17H14ClN3O4S. The largest absolute Gasteiger partial charge is 0.351 e. The normalized spacial score (nSPS) is 15.7. The summed E-state index contributed by atoms with van der Waals surface area (Å²) in [4.78, 5) is 51.7. The second-order valence-electron chi connectivity index (χ2n) is 5.91. The van der Waals surface area contributed by atoms with E-state index in [9.17, 15) is 19.2 Å². The molecule has 4 amide bonds. The Morgan fingerprint density at radius 1 is 1.23 bits per heavy atom. The Bertz CT molecular complexity index is 953. The highest BCUT2D eigenvalue weighted by molar-refractivity contribution is 7.12. The van der Waals surface area contributed by atoms with Crippen molar-refractivity contribution in [3.63, 3.8) is 0 Å². The standard InChI is InChI=1S/C17H14ClN3O4S/c1-20(2)15(23)8-5-12(26-7-8)14(22)13-10-6-9(18)3-4-11(10)21(16(13)24)17(19)25/h3-7,13H,1-2H3,(H2,19,25). The molecule has 0 aliphatic carbocycles. The monoisotopic (exact) mass is 391 g/mol. The lowest BCUT2D eigenvalue weighted by Gasteiger charge is -2.12. The first-order valence-electron chi connectivity index (χ1n) is 7.49. The molecule has 2 aromatic rings. The average Bonchev–Trinajstić information content (AvgIpc) is 3.15. The van der Waals surface area contributed by atoms with Crippen LogP contribution in [0.15, 0.2) is 29.6 Å². The third-order valence-electron chi connectivity index (χ3n) is 3.99. The van der Waals surface area contributed by atoms with Gasteiger partial charge >= 0.3 is 6.03 Å². The van der Waals surface area contributed by atoms with Crippen molar-refractivity contribution in [3.8, 4) is 0 Å². The highest BCUT2D eigenvalue weighted by atomic mass is 35.5. The maximum atomic E-state index is 12.9. The molecule has 0 fully saturated rings. The van der Waals surface area contributed by atoms with Gasteiger partial charge in [0.1, 0.15) is 5.92 Å². The molecule has 9 heteroatoms. The van der Waals surface area contributed by atoms with Crippen LogP contribution in [0, 0.1) is 0 Å². The van der Waals surface area contributed by atoms with Crippen LogP contribution in [0.1, 0.15) is 31.5 Å². The van der Waals surface area contributed by atoms with Crippen LogP contribution >= 0.6 is 22.9 Å². The number of ketones is 1. The predicted octanol–water partition coefficient (Wildman–Crippen LogP) is 2.50. The van der Waals surface area contributed by atoms with E-state index in [1.54, 1.807) is 19.5 Å². The van der Waals surface area contributed by atoms with Crippen LogP contribution in [0.3, 0.4) is 0 Å². The van der Waals surface area contributed by atoms with Crippen molar-refractivity contribution < 1.29 is 19.2 Å². The number of urea groups is 1. The minimum Gasteiger partial charge on any atom is -0.351 e. The molecule has 26 heavy (non-hydrogen) atoms. The molecule has 1 atom stereocenters. The zero-order chi connectivity index (χ0) is 19.2. The third kappa shape index (κ3) is 2.87. The van der Waals surface area contributed by atoms with E-state index < -0.39 is 23.6 Å². The molecule has 2 N–H and O–H groups in total. The zero-order valence-electron chi connectivity index (χ0n) is 13.9. The number of halogens is 1. The summed E-state index contributed by atoms with van der Waals surface area (Å²) in [7, 11) is 3.20. The van der Waals surface area contributed by atoms with Crippen LogP contribution in [0.2, 0.25) is 5.02 Å². The highest BCUT2D eigenvalue weighted by Crippen LogP contribution is 2.41. The number of nitrogens with zero attached hydrogens (tertiary/aromatic N) is 2. The number of benzene rings is 1. The molecular weight excluding hydrogens is 378 g/mol. The summed E-state index contributed by atoms with van der Waals surface area (Å²) in [6.45, 7) is 0. The second-order valence-corrected chi connectivity index (χ2v) is 7.26. The summed E-state index contributed by atoms with van der Waals surface area (Å²) in [6, 6.07) is 4.93. The van der Waals surface area contributed by atoms with Gasteiger partial charge in [0, 0.05) is 24.5 Å². The molecule has 0 saturated carbocycles. The Kier molecular flexibility index (Phi) is 4.55. The van der Waals surface area contributed by atoms with Crippen molar-refractivity contribution in [3.05, 3.63) is 50.7 Å². The van der Waals surface area contributed by atoms with Crippen molar-refractivity contribution in [1.82, 2.24) is 4.90 Å². The lowest BCUT2D eigenvalue weighted by molar-refractivity contribution is -0.117. The summed E-state index contributed by atoms with van der Waals surface area (Å²) < 4.78 is 0. The number of thiophene rings is 1. The van der Waals surface area contributed by atoms with Crippen LogP contribution in [0.4, 0.5) is 10.5 Å². The van der Waals surface area contributed by atoms with Crippen molar-refractivity contribution in [2.75, 3.05) is 19.0 Å². The fourth-order valence-corrected chi connectivity index (χ4v) is 3.83. The van der Waals surface area contributed by atoms with E-state index in [0.29, 0.717) is 16.1 Å². The number of primary amides is 1. The number of hydrogen-bond donors (Lipinski definition) is 1. The number of anilines is 1. The van der Waals surface area contributed by atoms with Gasteiger partial charge in [-0.2, -0.15) is 0 Å². The van der Waals surface area contributed by atoms with E-state index >= 15 is 0 Å². The smallest absolute Gasteiger partial charge is 0.326 e. The third-order valence-corrected chi connectivity index (χ3v) is 5.17. The zero-order valence-corrected chi connectivity index (χ0v) is 15.4. The molecule has 7 nitrogen and oxygen atoms in total. The number of hydrogen-bond acceptors (Lipinski definition) is 5. The van der Waals surface area contributed by atoms with Gasteiger partial charge in [-0.1, -0.05) is 11.6 Å². The van der Waals surface area contributed by atoms with Gasteiger partial charge in [-0.05, 0) is 29.8 Å². The Labute approximate surface area is 157 Å². The first kappa shape index (κ1) is 18.1. The molecule has 1 aromatic heterocycles. The van der Waals surface area contributed by atoms with Gasteiger partial charge in [-0.3, -0.25) is 14.4 Å². The molecule has 0 radical (unpaired) electrons. The van der Waals surface area contributed by atoms with E-state index in [4.69, 9.17) is 17.3 Å². The van der Waals surface area contributed by atoms with Gasteiger partial charge in [-0.25, -0.2) is 9.69 Å². The van der Waals surface area contributed by atoms with Crippen molar-refractivity contribution >= 4 is 52.3 Å². The molecule has 1 aliphatic heterocycles. The van der Waals surface area contributed by atoms with E-state index in [1.807, 2.05) is 0 Å². The second kappa shape index (κ2) is 6.54. The molecule has 1 aromatic carbocycles. The summed E-state index contributed by atoms with van der Waals surface area (Å²) in [5.41, 5.74) is 6.21. The maximum Gasteiger partial charge on any atom is 0.326 e. The highest BCUT2D eigenvalue weighted by Gasteiger charge is 2.44. The first-order valence-corrected chi connectivity index (χ1v) is 8.75.